The molecule has 0 spiro atoms. The minimum atomic E-state index is 0.306. The van der Waals surface area contributed by atoms with Gasteiger partial charge in [0.25, 0.3) is 0 Å². The van der Waals surface area contributed by atoms with Crippen LogP contribution in [0.2, 0.25) is 0 Å². The molecule has 2 rings (SSSR count). The van der Waals surface area contributed by atoms with Gasteiger partial charge in [-0.15, -0.1) is 5.10 Å². The molecular formula is C12H22N4OS. The van der Waals surface area contributed by atoms with Gasteiger partial charge in [0, 0.05) is 37.8 Å². The van der Waals surface area contributed by atoms with E-state index in [2.05, 4.69) is 26.7 Å². The van der Waals surface area contributed by atoms with Crippen LogP contribution in [0.1, 0.15) is 31.9 Å². The molecule has 1 aliphatic rings. The second kappa shape index (κ2) is 7.01. The molecule has 1 unspecified atom stereocenters. The van der Waals surface area contributed by atoms with Crippen molar-refractivity contribution in [2.24, 2.45) is 5.92 Å². The Morgan fingerprint density at radius 1 is 1.56 bits per heavy atom. The van der Waals surface area contributed by atoms with Crippen LogP contribution < -0.4 is 5.32 Å². The first-order valence-corrected chi connectivity index (χ1v) is 7.49. The first kappa shape index (κ1) is 13.7. The summed E-state index contributed by atoms with van der Waals surface area (Å²) in [6.45, 7) is 6.50. The number of anilines is 1. The zero-order valence-corrected chi connectivity index (χ0v) is 11.7. The molecule has 2 N–H and O–H groups in total. The minimum Gasteiger partial charge on any atom is -0.396 e. The quantitative estimate of drug-likeness (QED) is 0.787. The maximum atomic E-state index is 8.96. The third kappa shape index (κ3) is 3.63. The van der Waals surface area contributed by atoms with Crippen molar-refractivity contribution in [3.8, 4) is 0 Å². The van der Waals surface area contributed by atoms with Crippen molar-refractivity contribution in [3.63, 3.8) is 0 Å². The van der Waals surface area contributed by atoms with E-state index in [4.69, 9.17) is 5.11 Å². The molecule has 0 aromatic carbocycles. The van der Waals surface area contributed by atoms with E-state index in [1.807, 2.05) is 0 Å². The van der Waals surface area contributed by atoms with Crippen LogP contribution in [0, 0.1) is 5.92 Å². The maximum absolute atomic E-state index is 8.96. The van der Waals surface area contributed by atoms with Crippen LogP contribution in [0.15, 0.2) is 0 Å². The number of rotatable bonds is 7. The van der Waals surface area contributed by atoms with Crippen LogP contribution in [-0.2, 0) is 6.54 Å². The Labute approximate surface area is 112 Å². The summed E-state index contributed by atoms with van der Waals surface area (Å²) in [6, 6.07) is 0. The molecule has 1 fully saturated rings. The van der Waals surface area contributed by atoms with E-state index in [1.54, 1.807) is 0 Å². The van der Waals surface area contributed by atoms with Gasteiger partial charge in [0.2, 0.25) is 0 Å². The maximum Gasteiger partial charge on any atom is 0.134 e. The number of nitrogens with zero attached hydrogens (tertiary/aromatic N) is 3. The fourth-order valence-electron chi connectivity index (χ4n) is 2.37. The molecule has 5 nitrogen and oxygen atoms in total. The van der Waals surface area contributed by atoms with E-state index in [0.717, 1.165) is 49.7 Å². The Kier molecular flexibility index (Phi) is 5.34. The average Bonchev–Trinajstić information content (AvgIpc) is 2.98. The highest BCUT2D eigenvalue weighted by molar-refractivity contribution is 7.10. The average molecular weight is 270 g/mol. The van der Waals surface area contributed by atoms with E-state index in [-0.39, 0.29) is 0 Å². The van der Waals surface area contributed by atoms with Crippen molar-refractivity contribution in [1.82, 2.24) is 14.5 Å². The van der Waals surface area contributed by atoms with Gasteiger partial charge in [-0.05, 0) is 31.7 Å². The molecule has 2 heterocycles. The zero-order chi connectivity index (χ0) is 12.8. The van der Waals surface area contributed by atoms with Gasteiger partial charge in [-0.2, -0.15) is 0 Å². The molecular weight excluding hydrogens is 248 g/mol. The van der Waals surface area contributed by atoms with Gasteiger partial charge in [-0.3, -0.25) is 4.90 Å². The van der Waals surface area contributed by atoms with Crippen LogP contribution in [0.4, 0.5) is 5.00 Å². The highest BCUT2D eigenvalue weighted by Gasteiger charge is 2.23. The van der Waals surface area contributed by atoms with Gasteiger partial charge in [0.1, 0.15) is 10.7 Å². The Morgan fingerprint density at radius 3 is 3.22 bits per heavy atom. The first-order chi connectivity index (χ1) is 8.83. The lowest BCUT2D eigenvalue weighted by Crippen LogP contribution is -2.21. The molecule has 0 aliphatic carbocycles. The van der Waals surface area contributed by atoms with Crippen LogP contribution in [0.5, 0.6) is 0 Å². The van der Waals surface area contributed by atoms with Crippen molar-refractivity contribution < 1.29 is 5.11 Å². The van der Waals surface area contributed by atoms with Crippen molar-refractivity contribution in [1.29, 1.82) is 0 Å². The van der Waals surface area contributed by atoms with E-state index in [1.165, 1.54) is 18.0 Å². The normalized spacial score (nSPS) is 20.4. The van der Waals surface area contributed by atoms with Gasteiger partial charge < -0.3 is 10.4 Å². The molecule has 0 bridgehead atoms. The molecule has 1 aromatic heterocycles. The van der Waals surface area contributed by atoms with E-state index in [9.17, 15) is 0 Å². The molecule has 0 saturated carbocycles. The second-order valence-electron chi connectivity index (χ2n) is 4.88. The van der Waals surface area contributed by atoms with Gasteiger partial charge in [0.15, 0.2) is 0 Å². The molecule has 6 heteroatoms. The van der Waals surface area contributed by atoms with E-state index in [0.29, 0.717) is 12.5 Å². The summed E-state index contributed by atoms with van der Waals surface area (Å²) in [4.78, 5) is 2.41. The van der Waals surface area contributed by atoms with Crippen molar-refractivity contribution in [2.45, 2.75) is 32.7 Å². The molecule has 1 aromatic rings. The molecule has 1 saturated heterocycles. The van der Waals surface area contributed by atoms with Crippen LogP contribution >= 0.6 is 11.5 Å². The van der Waals surface area contributed by atoms with E-state index >= 15 is 0 Å². The van der Waals surface area contributed by atoms with Crippen molar-refractivity contribution >= 4 is 16.5 Å². The summed E-state index contributed by atoms with van der Waals surface area (Å²) in [5.41, 5.74) is 1.07. The molecule has 102 valence electrons. The lowest BCUT2D eigenvalue weighted by Gasteiger charge is -2.15. The summed E-state index contributed by atoms with van der Waals surface area (Å²) in [5.74, 6) is 0.647. The number of aromatic nitrogens is 2. The summed E-state index contributed by atoms with van der Waals surface area (Å²) in [6.07, 6.45) is 3.22. The molecule has 1 aliphatic heterocycles. The molecule has 18 heavy (non-hydrogen) atoms. The van der Waals surface area contributed by atoms with Crippen molar-refractivity contribution in [2.75, 3.05) is 31.6 Å². The second-order valence-corrected chi connectivity index (χ2v) is 5.63. The van der Waals surface area contributed by atoms with Crippen LogP contribution in [-0.4, -0.2) is 45.8 Å². The van der Waals surface area contributed by atoms with Crippen molar-refractivity contribution in [3.05, 3.63) is 5.69 Å². The summed E-state index contributed by atoms with van der Waals surface area (Å²) < 4.78 is 4.03. The Morgan fingerprint density at radius 2 is 2.44 bits per heavy atom. The van der Waals surface area contributed by atoms with Crippen LogP contribution in [0.3, 0.4) is 0 Å². The molecule has 0 amide bonds. The lowest BCUT2D eigenvalue weighted by molar-refractivity contribution is 0.249. The summed E-state index contributed by atoms with van der Waals surface area (Å²) >= 11 is 1.45. The summed E-state index contributed by atoms with van der Waals surface area (Å²) in [7, 11) is 0. The third-order valence-electron chi connectivity index (χ3n) is 3.37. The Bertz CT molecular complexity index is 358. The third-order valence-corrected chi connectivity index (χ3v) is 4.10. The lowest BCUT2D eigenvalue weighted by atomic mass is 10.1. The van der Waals surface area contributed by atoms with Crippen LogP contribution in [0.25, 0.3) is 0 Å². The van der Waals surface area contributed by atoms with Gasteiger partial charge in [0.05, 0.1) is 0 Å². The zero-order valence-electron chi connectivity index (χ0n) is 10.9. The standard InChI is InChI=1S/C12H22N4OS/c1-2-5-13-12-11(14-15-18-12)9-16-6-3-10(8-16)4-7-17/h10,13,17H,2-9H2,1H3. The largest absolute Gasteiger partial charge is 0.396 e. The fraction of sp³-hybridized carbons (Fsp3) is 0.833. The van der Waals surface area contributed by atoms with Gasteiger partial charge in [-0.1, -0.05) is 11.4 Å². The number of likely N-dealkylation sites (tertiary alicyclic amines) is 1. The minimum absolute atomic E-state index is 0.306. The fourth-order valence-corrected chi connectivity index (χ4v) is 2.97. The number of aliphatic hydroxyl groups excluding tert-OH is 1. The number of nitrogens with one attached hydrogen (secondary N) is 1. The Balaban J connectivity index is 1.84. The number of aliphatic hydroxyl groups is 1. The topological polar surface area (TPSA) is 61.3 Å². The monoisotopic (exact) mass is 270 g/mol. The van der Waals surface area contributed by atoms with E-state index < -0.39 is 0 Å². The molecule has 1 atom stereocenters. The molecule has 0 radical (unpaired) electrons. The highest BCUT2D eigenvalue weighted by atomic mass is 32.1. The smallest absolute Gasteiger partial charge is 0.134 e. The highest BCUT2D eigenvalue weighted by Crippen LogP contribution is 2.24. The Hall–Kier alpha value is -0.720. The number of hydrogen-bond donors (Lipinski definition) is 2. The predicted octanol–water partition coefficient (Wildman–Crippen LogP) is 1.56. The first-order valence-electron chi connectivity index (χ1n) is 6.71. The summed E-state index contributed by atoms with van der Waals surface area (Å²) in [5, 5.41) is 17.7. The SMILES string of the molecule is CCCNc1snnc1CN1CCC(CCO)C1. The van der Waals surface area contributed by atoms with Gasteiger partial charge >= 0.3 is 0 Å². The van der Waals surface area contributed by atoms with Gasteiger partial charge in [-0.25, -0.2) is 0 Å². The number of hydrogen-bond acceptors (Lipinski definition) is 6. The predicted molar refractivity (Wildman–Crippen MR) is 73.8 cm³/mol.